The van der Waals surface area contributed by atoms with Gasteiger partial charge >= 0.3 is 0 Å². The summed E-state index contributed by atoms with van der Waals surface area (Å²) in [5.41, 5.74) is 1.21. The fourth-order valence-corrected chi connectivity index (χ4v) is 2.13. The van der Waals surface area contributed by atoms with Crippen LogP contribution in [0.3, 0.4) is 0 Å². The molecule has 0 aliphatic carbocycles. The highest BCUT2D eigenvalue weighted by molar-refractivity contribution is 5.75. The molecule has 1 aromatic carbocycles. The number of benzene rings is 1. The molecule has 116 valence electrons. The topological polar surface area (TPSA) is 77.1 Å². The number of carbonyl (C=O) groups is 1. The van der Waals surface area contributed by atoms with E-state index in [4.69, 9.17) is 4.42 Å². The van der Waals surface area contributed by atoms with Crippen molar-refractivity contribution in [2.24, 2.45) is 0 Å². The first-order valence-electron chi connectivity index (χ1n) is 7.13. The predicted molar refractivity (Wildman–Crippen MR) is 84.5 cm³/mol. The summed E-state index contributed by atoms with van der Waals surface area (Å²) in [5, 5.41) is 2.71. The molecule has 6 heteroatoms. The molecule has 0 aliphatic heterocycles. The minimum atomic E-state index is -0.321. The molecule has 2 aromatic heterocycles. The predicted octanol–water partition coefficient (Wildman–Crippen LogP) is 1.82. The van der Waals surface area contributed by atoms with Crippen LogP contribution in [0.25, 0.3) is 11.3 Å². The average molecular weight is 309 g/mol. The van der Waals surface area contributed by atoms with Crippen molar-refractivity contribution in [2.75, 3.05) is 0 Å². The third-order valence-electron chi connectivity index (χ3n) is 3.30. The van der Waals surface area contributed by atoms with E-state index >= 15 is 0 Å². The van der Waals surface area contributed by atoms with Gasteiger partial charge in [-0.2, -0.15) is 0 Å². The van der Waals surface area contributed by atoms with Gasteiger partial charge in [-0.05, 0) is 12.1 Å². The van der Waals surface area contributed by atoms with Crippen LogP contribution in [0, 0.1) is 0 Å². The molecule has 0 bridgehead atoms. The minimum absolute atomic E-state index is 0.0676. The van der Waals surface area contributed by atoms with Gasteiger partial charge in [0.15, 0.2) is 0 Å². The first-order chi connectivity index (χ1) is 11.2. The van der Waals surface area contributed by atoms with E-state index in [-0.39, 0.29) is 24.6 Å². The van der Waals surface area contributed by atoms with E-state index in [0.717, 1.165) is 5.56 Å². The van der Waals surface area contributed by atoms with Gasteiger partial charge < -0.3 is 14.3 Å². The Morgan fingerprint density at radius 3 is 2.74 bits per heavy atom. The molecular formula is C17H15N3O3. The molecule has 0 radical (unpaired) electrons. The maximum Gasteiger partial charge on any atom is 0.269 e. The zero-order chi connectivity index (χ0) is 16.1. The third-order valence-corrected chi connectivity index (χ3v) is 3.30. The number of hydrogen-bond donors (Lipinski definition) is 1. The zero-order valence-corrected chi connectivity index (χ0v) is 12.3. The van der Waals surface area contributed by atoms with E-state index in [9.17, 15) is 9.59 Å². The van der Waals surface area contributed by atoms with Gasteiger partial charge in [0.25, 0.3) is 5.56 Å². The molecular weight excluding hydrogens is 294 g/mol. The molecule has 0 aliphatic rings. The maximum atomic E-state index is 12.0. The number of nitrogens with zero attached hydrogens (tertiary/aromatic N) is 2. The Hall–Kier alpha value is -3.15. The number of amides is 1. The SMILES string of the molecule is O=C(Cn1cc(-c2ccccc2)ncc1=O)NCc1ccco1. The first-order valence-corrected chi connectivity index (χ1v) is 7.13. The molecule has 23 heavy (non-hydrogen) atoms. The van der Waals surface area contributed by atoms with Crippen LogP contribution in [0.4, 0.5) is 0 Å². The maximum absolute atomic E-state index is 12.0. The van der Waals surface area contributed by atoms with E-state index in [1.165, 1.54) is 10.8 Å². The molecule has 2 heterocycles. The highest BCUT2D eigenvalue weighted by atomic mass is 16.3. The van der Waals surface area contributed by atoms with Gasteiger partial charge in [-0.1, -0.05) is 30.3 Å². The van der Waals surface area contributed by atoms with Crippen LogP contribution in [0.1, 0.15) is 5.76 Å². The van der Waals surface area contributed by atoms with Gasteiger partial charge in [-0.3, -0.25) is 9.59 Å². The molecule has 0 saturated heterocycles. The second-order valence-corrected chi connectivity index (χ2v) is 4.96. The van der Waals surface area contributed by atoms with E-state index in [2.05, 4.69) is 10.3 Å². The summed E-state index contributed by atoms with van der Waals surface area (Å²) in [6.07, 6.45) is 4.35. The molecule has 0 atom stereocenters. The van der Waals surface area contributed by atoms with Gasteiger partial charge in [-0.15, -0.1) is 0 Å². The van der Waals surface area contributed by atoms with Crippen LogP contribution in [-0.4, -0.2) is 15.5 Å². The second-order valence-electron chi connectivity index (χ2n) is 4.96. The van der Waals surface area contributed by atoms with Crippen molar-refractivity contribution in [3.05, 3.63) is 77.2 Å². The number of aromatic nitrogens is 2. The monoisotopic (exact) mass is 309 g/mol. The molecule has 0 unspecified atom stereocenters. The lowest BCUT2D eigenvalue weighted by atomic mass is 10.2. The second kappa shape index (κ2) is 6.74. The summed E-state index contributed by atoms with van der Waals surface area (Å²) in [6.45, 7) is 0.221. The number of rotatable bonds is 5. The van der Waals surface area contributed by atoms with Crippen LogP contribution < -0.4 is 10.9 Å². The zero-order valence-electron chi connectivity index (χ0n) is 12.3. The summed E-state index contributed by atoms with van der Waals surface area (Å²) >= 11 is 0. The summed E-state index contributed by atoms with van der Waals surface area (Å²) in [7, 11) is 0. The normalized spacial score (nSPS) is 10.4. The van der Waals surface area contributed by atoms with Crippen molar-refractivity contribution in [3.63, 3.8) is 0 Å². The fraction of sp³-hybridized carbons (Fsp3) is 0.118. The van der Waals surface area contributed by atoms with Crippen molar-refractivity contribution in [1.82, 2.24) is 14.9 Å². The number of hydrogen-bond acceptors (Lipinski definition) is 4. The van der Waals surface area contributed by atoms with Gasteiger partial charge in [0, 0.05) is 11.8 Å². The Labute approximate surface area is 132 Å². The number of nitrogens with one attached hydrogen (secondary N) is 1. The number of furan rings is 1. The molecule has 3 rings (SSSR count). The fourth-order valence-electron chi connectivity index (χ4n) is 2.13. The Kier molecular flexibility index (Phi) is 4.33. The largest absolute Gasteiger partial charge is 0.467 e. The van der Waals surface area contributed by atoms with Gasteiger partial charge in [0.1, 0.15) is 12.3 Å². The van der Waals surface area contributed by atoms with Crippen LogP contribution in [0.5, 0.6) is 0 Å². The van der Waals surface area contributed by atoms with Crippen LogP contribution >= 0.6 is 0 Å². The lowest BCUT2D eigenvalue weighted by Gasteiger charge is -2.08. The van der Waals surface area contributed by atoms with Crippen LogP contribution in [0.15, 0.2) is 70.3 Å². The molecule has 6 nitrogen and oxygen atoms in total. The summed E-state index contributed by atoms with van der Waals surface area (Å²) in [4.78, 5) is 28.0. The van der Waals surface area contributed by atoms with Crippen molar-refractivity contribution >= 4 is 5.91 Å². The van der Waals surface area contributed by atoms with Crippen molar-refractivity contribution in [2.45, 2.75) is 13.1 Å². The molecule has 3 aromatic rings. The minimum Gasteiger partial charge on any atom is -0.467 e. The molecule has 1 N–H and O–H groups in total. The summed E-state index contributed by atoms with van der Waals surface area (Å²) in [5.74, 6) is 0.388. The first kappa shape index (κ1) is 14.8. The highest BCUT2D eigenvalue weighted by Gasteiger charge is 2.08. The molecule has 0 fully saturated rings. The van der Waals surface area contributed by atoms with Crippen molar-refractivity contribution < 1.29 is 9.21 Å². The van der Waals surface area contributed by atoms with Gasteiger partial charge in [-0.25, -0.2) is 4.98 Å². The van der Waals surface area contributed by atoms with Crippen molar-refractivity contribution in [1.29, 1.82) is 0 Å². The average Bonchev–Trinajstić information content (AvgIpc) is 3.09. The molecule has 0 saturated carbocycles. The highest BCUT2D eigenvalue weighted by Crippen LogP contribution is 2.13. The summed E-state index contributed by atoms with van der Waals surface area (Å²) < 4.78 is 6.48. The Morgan fingerprint density at radius 1 is 1.17 bits per heavy atom. The van der Waals surface area contributed by atoms with Crippen molar-refractivity contribution in [3.8, 4) is 11.3 Å². The smallest absolute Gasteiger partial charge is 0.269 e. The van der Waals surface area contributed by atoms with E-state index in [1.807, 2.05) is 30.3 Å². The van der Waals surface area contributed by atoms with Crippen LogP contribution in [-0.2, 0) is 17.9 Å². The van der Waals surface area contributed by atoms with Gasteiger partial charge in [0.2, 0.25) is 5.91 Å². The van der Waals surface area contributed by atoms with Gasteiger partial charge in [0.05, 0.1) is 24.7 Å². The Morgan fingerprint density at radius 2 is 2.00 bits per heavy atom. The van der Waals surface area contributed by atoms with E-state index in [1.54, 1.807) is 24.6 Å². The summed E-state index contributed by atoms with van der Waals surface area (Å²) in [6, 6.07) is 13.0. The Balaban J connectivity index is 1.72. The lowest BCUT2D eigenvalue weighted by molar-refractivity contribution is -0.121. The van der Waals surface area contributed by atoms with E-state index < -0.39 is 0 Å². The number of carbonyl (C=O) groups excluding carboxylic acids is 1. The van der Waals surface area contributed by atoms with E-state index in [0.29, 0.717) is 11.5 Å². The third kappa shape index (κ3) is 3.74. The van der Waals surface area contributed by atoms with Crippen LogP contribution in [0.2, 0.25) is 0 Å². The quantitative estimate of drug-likeness (QED) is 0.780. The lowest BCUT2D eigenvalue weighted by Crippen LogP contribution is -2.31. The standard InChI is InChI=1S/C17H15N3O3/c21-16(19-9-14-7-4-8-23-14)12-20-11-15(18-10-17(20)22)13-5-2-1-3-6-13/h1-8,10-11H,9,12H2,(H,19,21). The Bertz CT molecular complexity index is 839. The molecule has 1 amide bonds. The molecule has 0 spiro atoms.